The van der Waals surface area contributed by atoms with Crippen LogP contribution in [0.2, 0.25) is 0 Å². The number of H-pyrrole nitrogens is 1. The SMILES string of the molecule is O=C(O)C[C@@H](NC(=O)c1ncnc2[nH]ccc12)c1ccc(Br)cc1. The highest BCUT2D eigenvalue weighted by atomic mass is 79.9. The summed E-state index contributed by atoms with van der Waals surface area (Å²) in [6.07, 6.45) is 2.73. The third kappa shape index (κ3) is 3.43. The monoisotopic (exact) mass is 388 g/mol. The Morgan fingerprint density at radius 2 is 1.96 bits per heavy atom. The van der Waals surface area contributed by atoms with Crippen LogP contribution in [0.1, 0.15) is 28.5 Å². The van der Waals surface area contributed by atoms with E-state index in [1.165, 1.54) is 6.33 Å². The molecule has 122 valence electrons. The number of amides is 1. The molecule has 1 amide bonds. The minimum absolute atomic E-state index is 0.203. The Kier molecular flexibility index (Phi) is 4.57. The van der Waals surface area contributed by atoms with Crippen molar-refractivity contribution < 1.29 is 14.7 Å². The number of halogens is 1. The third-order valence-electron chi connectivity index (χ3n) is 3.53. The summed E-state index contributed by atoms with van der Waals surface area (Å²) >= 11 is 3.33. The number of nitrogens with zero attached hydrogens (tertiary/aromatic N) is 2. The van der Waals surface area contributed by atoms with Gasteiger partial charge in [-0.3, -0.25) is 9.59 Å². The number of carbonyl (C=O) groups excluding carboxylic acids is 1. The van der Waals surface area contributed by atoms with Crippen LogP contribution < -0.4 is 5.32 Å². The number of aromatic nitrogens is 3. The number of hydrogen-bond acceptors (Lipinski definition) is 4. The first-order valence-electron chi connectivity index (χ1n) is 7.11. The maximum atomic E-state index is 12.6. The van der Waals surface area contributed by atoms with E-state index in [9.17, 15) is 9.59 Å². The zero-order valence-corrected chi connectivity index (χ0v) is 13.9. The molecule has 0 radical (unpaired) electrons. The lowest BCUT2D eigenvalue weighted by Crippen LogP contribution is -2.31. The fourth-order valence-electron chi connectivity index (χ4n) is 2.40. The molecular weight excluding hydrogens is 376 g/mol. The molecule has 7 nitrogen and oxygen atoms in total. The summed E-state index contributed by atoms with van der Waals surface area (Å²) in [5.41, 5.74) is 1.45. The van der Waals surface area contributed by atoms with Gasteiger partial charge in [-0.05, 0) is 23.8 Å². The Balaban J connectivity index is 1.89. The first-order chi connectivity index (χ1) is 11.5. The summed E-state index contributed by atoms with van der Waals surface area (Å²) in [4.78, 5) is 34.7. The van der Waals surface area contributed by atoms with Gasteiger partial charge in [0, 0.05) is 10.7 Å². The van der Waals surface area contributed by atoms with Gasteiger partial charge in [-0.2, -0.15) is 0 Å². The van der Waals surface area contributed by atoms with E-state index >= 15 is 0 Å². The second-order valence-electron chi connectivity index (χ2n) is 5.14. The molecule has 0 saturated carbocycles. The zero-order chi connectivity index (χ0) is 17.1. The van der Waals surface area contributed by atoms with E-state index in [1.807, 2.05) is 0 Å². The van der Waals surface area contributed by atoms with Crippen LogP contribution in [0.25, 0.3) is 11.0 Å². The zero-order valence-electron chi connectivity index (χ0n) is 12.4. The number of benzene rings is 1. The van der Waals surface area contributed by atoms with Gasteiger partial charge in [-0.1, -0.05) is 28.1 Å². The van der Waals surface area contributed by atoms with E-state index < -0.39 is 17.9 Å². The number of aliphatic carboxylic acids is 1. The van der Waals surface area contributed by atoms with E-state index in [0.29, 0.717) is 16.6 Å². The van der Waals surface area contributed by atoms with Crippen LogP contribution >= 0.6 is 15.9 Å². The lowest BCUT2D eigenvalue weighted by atomic mass is 10.0. The highest BCUT2D eigenvalue weighted by molar-refractivity contribution is 9.10. The average molecular weight is 389 g/mol. The molecular formula is C16H13BrN4O3. The van der Waals surface area contributed by atoms with Crippen molar-refractivity contribution in [3.8, 4) is 0 Å². The number of fused-ring (bicyclic) bond motifs is 1. The normalized spacial score (nSPS) is 12.0. The summed E-state index contributed by atoms with van der Waals surface area (Å²) in [6, 6.07) is 8.17. The van der Waals surface area contributed by atoms with Crippen molar-refractivity contribution in [2.45, 2.75) is 12.5 Å². The minimum Gasteiger partial charge on any atom is -0.481 e. The lowest BCUT2D eigenvalue weighted by molar-refractivity contribution is -0.137. The van der Waals surface area contributed by atoms with Crippen molar-refractivity contribution in [1.82, 2.24) is 20.3 Å². The van der Waals surface area contributed by atoms with Crippen molar-refractivity contribution in [3.63, 3.8) is 0 Å². The molecule has 0 saturated heterocycles. The topological polar surface area (TPSA) is 108 Å². The predicted molar refractivity (Wildman–Crippen MR) is 90.5 cm³/mol. The van der Waals surface area contributed by atoms with E-state index in [1.54, 1.807) is 36.5 Å². The van der Waals surface area contributed by atoms with Crippen LogP contribution in [0.5, 0.6) is 0 Å². The summed E-state index contributed by atoms with van der Waals surface area (Å²) in [6.45, 7) is 0. The van der Waals surface area contributed by atoms with Gasteiger partial charge in [-0.15, -0.1) is 0 Å². The van der Waals surface area contributed by atoms with Crippen LogP contribution in [-0.2, 0) is 4.79 Å². The molecule has 1 atom stereocenters. The molecule has 0 aliphatic carbocycles. The Labute approximate surface area is 145 Å². The maximum Gasteiger partial charge on any atom is 0.305 e. The number of nitrogens with one attached hydrogen (secondary N) is 2. The van der Waals surface area contributed by atoms with Gasteiger partial charge in [0.05, 0.1) is 17.8 Å². The molecule has 2 aromatic heterocycles. The molecule has 3 aromatic rings. The molecule has 8 heteroatoms. The Hall–Kier alpha value is -2.74. The van der Waals surface area contributed by atoms with E-state index in [0.717, 1.165) is 4.47 Å². The molecule has 3 N–H and O–H groups in total. The van der Waals surface area contributed by atoms with E-state index in [2.05, 4.69) is 36.2 Å². The van der Waals surface area contributed by atoms with Crippen molar-refractivity contribution in [3.05, 3.63) is 58.6 Å². The molecule has 1 aromatic carbocycles. The molecule has 0 aliphatic rings. The van der Waals surface area contributed by atoms with Crippen molar-refractivity contribution in [1.29, 1.82) is 0 Å². The van der Waals surface area contributed by atoms with Crippen LogP contribution in [0.3, 0.4) is 0 Å². The van der Waals surface area contributed by atoms with Gasteiger partial charge in [-0.25, -0.2) is 9.97 Å². The number of carbonyl (C=O) groups is 2. The first-order valence-corrected chi connectivity index (χ1v) is 7.90. The van der Waals surface area contributed by atoms with Gasteiger partial charge < -0.3 is 15.4 Å². The summed E-state index contributed by atoms with van der Waals surface area (Å²) in [5.74, 6) is -1.45. The second-order valence-corrected chi connectivity index (χ2v) is 6.05. The summed E-state index contributed by atoms with van der Waals surface area (Å²) in [7, 11) is 0. The molecule has 0 fully saturated rings. The average Bonchev–Trinajstić information content (AvgIpc) is 3.03. The molecule has 0 spiro atoms. The van der Waals surface area contributed by atoms with Gasteiger partial charge in [0.2, 0.25) is 0 Å². The van der Waals surface area contributed by atoms with Crippen LogP contribution in [0, 0.1) is 0 Å². The van der Waals surface area contributed by atoms with Crippen molar-refractivity contribution >= 4 is 38.8 Å². The maximum absolute atomic E-state index is 12.6. The van der Waals surface area contributed by atoms with E-state index in [4.69, 9.17) is 5.11 Å². The van der Waals surface area contributed by atoms with E-state index in [-0.39, 0.29) is 12.1 Å². The molecule has 0 aliphatic heterocycles. The second kappa shape index (κ2) is 6.79. The van der Waals surface area contributed by atoms with Gasteiger partial charge in [0.15, 0.2) is 0 Å². The number of hydrogen-bond donors (Lipinski definition) is 3. The van der Waals surface area contributed by atoms with Gasteiger partial charge in [0.1, 0.15) is 17.7 Å². The quantitative estimate of drug-likeness (QED) is 0.622. The smallest absolute Gasteiger partial charge is 0.305 e. The fourth-order valence-corrected chi connectivity index (χ4v) is 2.67. The Bertz CT molecular complexity index is 892. The molecule has 3 rings (SSSR count). The molecule has 0 bridgehead atoms. The van der Waals surface area contributed by atoms with Crippen molar-refractivity contribution in [2.75, 3.05) is 0 Å². The number of rotatable bonds is 5. The largest absolute Gasteiger partial charge is 0.481 e. The van der Waals surface area contributed by atoms with Crippen LogP contribution in [0.4, 0.5) is 0 Å². The number of carboxylic acid groups (broad SMARTS) is 1. The standard InChI is InChI=1S/C16H13BrN4O3/c17-10-3-1-9(2-4-10)12(7-13(22)23)21-16(24)14-11-5-6-18-15(11)20-8-19-14/h1-6,8,12H,7H2,(H,21,24)(H,22,23)(H,18,19,20)/t12-/m1/s1. The van der Waals surface area contributed by atoms with Gasteiger partial charge in [0.25, 0.3) is 5.91 Å². The Morgan fingerprint density at radius 3 is 2.67 bits per heavy atom. The highest BCUT2D eigenvalue weighted by Crippen LogP contribution is 2.21. The lowest BCUT2D eigenvalue weighted by Gasteiger charge is -2.17. The third-order valence-corrected chi connectivity index (χ3v) is 4.05. The highest BCUT2D eigenvalue weighted by Gasteiger charge is 2.21. The summed E-state index contributed by atoms with van der Waals surface area (Å²) < 4.78 is 0.872. The molecule has 24 heavy (non-hydrogen) atoms. The first kappa shape index (κ1) is 16.1. The minimum atomic E-state index is -1.00. The number of carboxylic acids is 1. The predicted octanol–water partition coefficient (Wildman–Crippen LogP) is 2.67. The van der Waals surface area contributed by atoms with Crippen LogP contribution in [-0.4, -0.2) is 31.9 Å². The fraction of sp³-hybridized carbons (Fsp3) is 0.125. The van der Waals surface area contributed by atoms with Gasteiger partial charge >= 0.3 is 5.97 Å². The molecule has 2 heterocycles. The van der Waals surface area contributed by atoms with Crippen LogP contribution in [0.15, 0.2) is 47.3 Å². The summed E-state index contributed by atoms with van der Waals surface area (Å²) in [5, 5.41) is 12.5. The number of aromatic amines is 1. The molecule has 0 unspecified atom stereocenters. The Morgan fingerprint density at radius 1 is 1.21 bits per heavy atom. The van der Waals surface area contributed by atoms with Crippen molar-refractivity contribution in [2.24, 2.45) is 0 Å².